The first-order valence-corrected chi connectivity index (χ1v) is 6.63. The second kappa shape index (κ2) is 5.26. The number of hydrogen-bond donors (Lipinski definition) is 1. The van der Waals surface area contributed by atoms with Crippen LogP contribution in [0.3, 0.4) is 0 Å². The highest BCUT2D eigenvalue weighted by Crippen LogP contribution is 2.35. The van der Waals surface area contributed by atoms with Gasteiger partial charge in [-0.1, -0.05) is 13.8 Å². The standard InChI is InChI=1S/C13H22N2O3/c1-8(2)10(7-18-3)15-6-11(16)14-12(13(15)17)9-4-5-9/h8-10,12H,4-7H2,1-3H3,(H,14,16). The molecule has 1 aliphatic carbocycles. The number of rotatable bonds is 5. The Kier molecular flexibility index (Phi) is 3.90. The molecule has 18 heavy (non-hydrogen) atoms. The maximum atomic E-state index is 12.4. The fourth-order valence-electron chi connectivity index (χ4n) is 2.53. The highest BCUT2D eigenvalue weighted by molar-refractivity contribution is 5.95. The van der Waals surface area contributed by atoms with Gasteiger partial charge >= 0.3 is 0 Å². The predicted molar refractivity (Wildman–Crippen MR) is 66.9 cm³/mol. The van der Waals surface area contributed by atoms with Gasteiger partial charge in [-0.2, -0.15) is 0 Å². The molecule has 0 bridgehead atoms. The molecule has 0 spiro atoms. The molecule has 2 rings (SSSR count). The monoisotopic (exact) mass is 254 g/mol. The van der Waals surface area contributed by atoms with Gasteiger partial charge in [0.05, 0.1) is 19.2 Å². The lowest BCUT2D eigenvalue weighted by Gasteiger charge is -2.39. The third-order valence-electron chi connectivity index (χ3n) is 3.78. The van der Waals surface area contributed by atoms with Crippen molar-refractivity contribution in [2.75, 3.05) is 20.3 Å². The Morgan fingerprint density at radius 3 is 2.56 bits per heavy atom. The lowest BCUT2D eigenvalue weighted by Crippen LogP contribution is -2.62. The number of hydrogen-bond acceptors (Lipinski definition) is 3. The number of ether oxygens (including phenoxy) is 1. The van der Waals surface area contributed by atoms with Crippen molar-refractivity contribution in [2.24, 2.45) is 11.8 Å². The summed E-state index contributed by atoms with van der Waals surface area (Å²) in [5, 5.41) is 2.82. The summed E-state index contributed by atoms with van der Waals surface area (Å²) in [6.45, 7) is 4.74. The van der Waals surface area contributed by atoms with Crippen LogP contribution in [0.2, 0.25) is 0 Å². The second-order valence-corrected chi connectivity index (χ2v) is 5.62. The average Bonchev–Trinajstić information content (AvgIpc) is 3.12. The van der Waals surface area contributed by atoms with E-state index in [1.807, 2.05) is 0 Å². The maximum Gasteiger partial charge on any atom is 0.246 e. The highest BCUT2D eigenvalue weighted by Gasteiger charge is 2.44. The highest BCUT2D eigenvalue weighted by atomic mass is 16.5. The first kappa shape index (κ1) is 13.3. The Morgan fingerprint density at radius 1 is 1.39 bits per heavy atom. The normalized spacial score (nSPS) is 26.4. The van der Waals surface area contributed by atoms with Crippen molar-refractivity contribution >= 4 is 11.8 Å². The van der Waals surface area contributed by atoms with Gasteiger partial charge in [-0.25, -0.2) is 0 Å². The van der Waals surface area contributed by atoms with Gasteiger partial charge in [0, 0.05) is 7.11 Å². The van der Waals surface area contributed by atoms with E-state index in [4.69, 9.17) is 4.74 Å². The van der Waals surface area contributed by atoms with E-state index in [1.54, 1.807) is 12.0 Å². The van der Waals surface area contributed by atoms with E-state index < -0.39 is 0 Å². The molecule has 2 atom stereocenters. The van der Waals surface area contributed by atoms with Gasteiger partial charge in [0.25, 0.3) is 0 Å². The van der Waals surface area contributed by atoms with Crippen LogP contribution < -0.4 is 5.32 Å². The first-order chi connectivity index (χ1) is 8.54. The van der Waals surface area contributed by atoms with Crippen LogP contribution in [-0.2, 0) is 14.3 Å². The lowest BCUT2D eigenvalue weighted by molar-refractivity contribution is -0.149. The summed E-state index contributed by atoms with van der Waals surface area (Å²) in [7, 11) is 1.63. The number of nitrogens with one attached hydrogen (secondary N) is 1. The molecule has 0 aromatic heterocycles. The summed E-state index contributed by atoms with van der Waals surface area (Å²) in [6, 6.07) is -0.320. The summed E-state index contributed by atoms with van der Waals surface area (Å²) in [4.78, 5) is 25.9. The Labute approximate surface area is 108 Å². The van der Waals surface area contributed by atoms with Crippen LogP contribution in [0, 0.1) is 11.8 Å². The number of nitrogens with zero attached hydrogens (tertiary/aromatic N) is 1. The minimum atomic E-state index is -0.302. The third kappa shape index (κ3) is 2.66. The Bertz CT molecular complexity index is 339. The number of piperazine rings is 1. The van der Waals surface area contributed by atoms with E-state index in [9.17, 15) is 9.59 Å². The molecule has 1 N–H and O–H groups in total. The molecule has 1 saturated carbocycles. The van der Waals surface area contributed by atoms with E-state index in [0.717, 1.165) is 12.8 Å². The molecule has 2 unspecified atom stereocenters. The zero-order valence-electron chi connectivity index (χ0n) is 11.3. The molecule has 5 nitrogen and oxygen atoms in total. The van der Waals surface area contributed by atoms with E-state index in [1.165, 1.54) is 0 Å². The summed E-state index contributed by atoms with van der Waals surface area (Å²) >= 11 is 0. The first-order valence-electron chi connectivity index (χ1n) is 6.63. The van der Waals surface area contributed by atoms with Crippen molar-refractivity contribution in [1.82, 2.24) is 10.2 Å². The summed E-state index contributed by atoms with van der Waals surface area (Å²) in [5.74, 6) is 0.639. The van der Waals surface area contributed by atoms with Crippen molar-refractivity contribution in [1.29, 1.82) is 0 Å². The molecule has 2 amide bonds. The molecule has 0 radical (unpaired) electrons. The molecule has 2 aliphatic rings. The molecular weight excluding hydrogens is 232 g/mol. The van der Waals surface area contributed by atoms with Gasteiger partial charge in [-0.05, 0) is 24.7 Å². The Hall–Kier alpha value is -1.10. The van der Waals surface area contributed by atoms with E-state index in [0.29, 0.717) is 12.5 Å². The zero-order valence-corrected chi connectivity index (χ0v) is 11.3. The van der Waals surface area contributed by atoms with Crippen molar-refractivity contribution in [3.05, 3.63) is 0 Å². The molecular formula is C13H22N2O3. The van der Waals surface area contributed by atoms with Gasteiger partial charge in [0.1, 0.15) is 6.04 Å². The number of methoxy groups -OCH3 is 1. The minimum absolute atomic E-state index is 0.0187. The number of carbonyl (C=O) groups excluding carboxylic acids is 2. The zero-order chi connectivity index (χ0) is 13.3. The summed E-state index contributed by atoms with van der Waals surface area (Å²) in [6.07, 6.45) is 2.09. The molecule has 1 heterocycles. The fourth-order valence-corrected chi connectivity index (χ4v) is 2.53. The van der Waals surface area contributed by atoms with E-state index >= 15 is 0 Å². The third-order valence-corrected chi connectivity index (χ3v) is 3.78. The fraction of sp³-hybridized carbons (Fsp3) is 0.846. The Balaban J connectivity index is 2.13. The summed E-state index contributed by atoms with van der Waals surface area (Å²) in [5.41, 5.74) is 0. The van der Waals surface area contributed by atoms with Crippen LogP contribution >= 0.6 is 0 Å². The molecule has 1 aliphatic heterocycles. The molecule has 102 valence electrons. The smallest absolute Gasteiger partial charge is 0.246 e. The van der Waals surface area contributed by atoms with E-state index in [2.05, 4.69) is 19.2 Å². The van der Waals surface area contributed by atoms with Crippen molar-refractivity contribution in [3.63, 3.8) is 0 Å². The molecule has 5 heteroatoms. The van der Waals surface area contributed by atoms with Crippen molar-refractivity contribution in [2.45, 2.75) is 38.8 Å². The van der Waals surface area contributed by atoms with Crippen LogP contribution in [0.4, 0.5) is 0 Å². The minimum Gasteiger partial charge on any atom is -0.383 e. The largest absolute Gasteiger partial charge is 0.383 e. The predicted octanol–water partition coefficient (Wildman–Crippen LogP) is 0.394. The van der Waals surface area contributed by atoms with Crippen LogP contribution in [0.25, 0.3) is 0 Å². The van der Waals surface area contributed by atoms with Crippen LogP contribution in [0.15, 0.2) is 0 Å². The van der Waals surface area contributed by atoms with Gasteiger partial charge in [0.15, 0.2) is 0 Å². The van der Waals surface area contributed by atoms with Crippen LogP contribution in [-0.4, -0.2) is 49.1 Å². The maximum absolute atomic E-state index is 12.4. The second-order valence-electron chi connectivity index (χ2n) is 5.62. The van der Waals surface area contributed by atoms with Gasteiger partial charge in [-0.15, -0.1) is 0 Å². The lowest BCUT2D eigenvalue weighted by atomic mass is 9.99. The Morgan fingerprint density at radius 2 is 2.06 bits per heavy atom. The molecule has 1 saturated heterocycles. The number of amides is 2. The number of carbonyl (C=O) groups is 2. The topological polar surface area (TPSA) is 58.6 Å². The van der Waals surface area contributed by atoms with Crippen molar-refractivity contribution < 1.29 is 14.3 Å². The van der Waals surface area contributed by atoms with Crippen LogP contribution in [0.5, 0.6) is 0 Å². The average molecular weight is 254 g/mol. The van der Waals surface area contributed by atoms with Crippen LogP contribution in [0.1, 0.15) is 26.7 Å². The van der Waals surface area contributed by atoms with Crippen molar-refractivity contribution in [3.8, 4) is 0 Å². The van der Waals surface area contributed by atoms with Gasteiger partial charge < -0.3 is 15.0 Å². The van der Waals surface area contributed by atoms with E-state index in [-0.39, 0.29) is 36.4 Å². The molecule has 0 aromatic rings. The SMILES string of the molecule is COCC(C(C)C)N1CC(=O)NC(C2CC2)C1=O. The quantitative estimate of drug-likeness (QED) is 0.772. The summed E-state index contributed by atoms with van der Waals surface area (Å²) < 4.78 is 5.19. The van der Waals surface area contributed by atoms with Gasteiger partial charge in [0.2, 0.25) is 11.8 Å². The molecule has 2 fully saturated rings. The molecule has 0 aromatic carbocycles. The van der Waals surface area contributed by atoms with Gasteiger partial charge in [-0.3, -0.25) is 9.59 Å².